The van der Waals surface area contributed by atoms with Crippen LogP contribution >= 0.6 is 0 Å². The van der Waals surface area contributed by atoms with Crippen molar-refractivity contribution in [2.24, 2.45) is 0 Å². The minimum absolute atomic E-state index is 0.191. The smallest absolute Gasteiger partial charge is 0.322 e. The molecule has 1 aromatic heterocycles. The standard InChI is InChI=1S/C26H24F3N3O2/c1-2-3-6-25(34)32-13-11-18(21-10-8-19(15-23(21)32)26(27,28)29)14-24(33)31-20-9-7-17-5-4-12-30-22(17)16-20/h4-5,7-10,12,14-16H,2-3,6,11,13H2,1H3,(H,31,33). The Bertz CT molecular complexity index is 1270. The van der Waals surface area contributed by atoms with Gasteiger partial charge in [-0.15, -0.1) is 0 Å². The average molecular weight is 467 g/mol. The van der Waals surface area contributed by atoms with Crippen LogP contribution in [-0.4, -0.2) is 23.3 Å². The summed E-state index contributed by atoms with van der Waals surface area (Å²) >= 11 is 0. The number of aromatic nitrogens is 1. The Hall–Kier alpha value is -3.68. The van der Waals surface area contributed by atoms with Crippen LogP contribution in [-0.2, 0) is 15.8 Å². The Balaban J connectivity index is 1.63. The molecular weight excluding hydrogens is 443 g/mol. The molecule has 0 atom stereocenters. The van der Waals surface area contributed by atoms with Crippen LogP contribution in [0.3, 0.4) is 0 Å². The van der Waals surface area contributed by atoms with E-state index in [0.717, 1.165) is 29.5 Å². The fourth-order valence-corrected chi connectivity index (χ4v) is 4.04. The number of halogens is 3. The quantitative estimate of drug-likeness (QED) is 0.454. The predicted octanol–water partition coefficient (Wildman–Crippen LogP) is 6.20. The lowest BCUT2D eigenvalue weighted by atomic mass is 9.93. The Kier molecular flexibility index (Phi) is 6.68. The van der Waals surface area contributed by atoms with E-state index < -0.39 is 17.6 Å². The van der Waals surface area contributed by atoms with Gasteiger partial charge in [-0.25, -0.2) is 0 Å². The van der Waals surface area contributed by atoms with E-state index in [2.05, 4.69) is 10.3 Å². The number of fused-ring (bicyclic) bond motifs is 2. The SMILES string of the molecule is CCCCC(=O)N1CCC(=CC(=O)Nc2ccc3cccnc3c2)c2ccc(C(F)(F)F)cc21. The van der Waals surface area contributed by atoms with Gasteiger partial charge in [-0.05, 0) is 48.7 Å². The van der Waals surface area contributed by atoms with Crippen molar-refractivity contribution in [3.63, 3.8) is 0 Å². The van der Waals surface area contributed by atoms with Crippen molar-refractivity contribution < 1.29 is 22.8 Å². The summed E-state index contributed by atoms with van der Waals surface area (Å²) in [6, 6.07) is 12.4. The summed E-state index contributed by atoms with van der Waals surface area (Å²) in [5.74, 6) is -0.614. The summed E-state index contributed by atoms with van der Waals surface area (Å²) in [6.07, 6.45) is 0.626. The lowest BCUT2D eigenvalue weighted by molar-refractivity contribution is -0.137. The molecule has 176 valence electrons. The van der Waals surface area contributed by atoms with Gasteiger partial charge < -0.3 is 10.2 Å². The molecule has 3 aromatic rings. The van der Waals surface area contributed by atoms with Gasteiger partial charge in [0.2, 0.25) is 11.8 Å². The van der Waals surface area contributed by atoms with Crippen molar-refractivity contribution in [1.29, 1.82) is 0 Å². The van der Waals surface area contributed by atoms with E-state index in [1.807, 2.05) is 25.1 Å². The van der Waals surface area contributed by atoms with Crippen molar-refractivity contribution in [3.05, 3.63) is 71.9 Å². The summed E-state index contributed by atoms with van der Waals surface area (Å²) in [6.45, 7) is 2.17. The van der Waals surface area contributed by atoms with Crippen LogP contribution in [0.15, 0.2) is 60.8 Å². The number of anilines is 2. The molecule has 0 saturated heterocycles. The number of pyridine rings is 1. The number of unbranched alkanes of at least 4 members (excludes halogenated alkanes) is 1. The van der Waals surface area contributed by atoms with E-state index in [1.165, 1.54) is 17.0 Å². The molecule has 0 radical (unpaired) electrons. The fraction of sp³-hybridized carbons (Fsp3) is 0.269. The van der Waals surface area contributed by atoms with Crippen LogP contribution in [0.1, 0.15) is 43.7 Å². The average Bonchev–Trinajstić information content (AvgIpc) is 2.81. The summed E-state index contributed by atoms with van der Waals surface area (Å²) < 4.78 is 40.1. The van der Waals surface area contributed by atoms with Crippen molar-refractivity contribution in [3.8, 4) is 0 Å². The normalized spacial score (nSPS) is 14.8. The topological polar surface area (TPSA) is 62.3 Å². The number of nitrogens with one attached hydrogen (secondary N) is 1. The zero-order valence-electron chi connectivity index (χ0n) is 18.7. The van der Waals surface area contributed by atoms with E-state index in [0.29, 0.717) is 29.7 Å². The van der Waals surface area contributed by atoms with Crippen LogP contribution < -0.4 is 10.2 Å². The van der Waals surface area contributed by atoms with Crippen LogP contribution in [0, 0.1) is 0 Å². The van der Waals surface area contributed by atoms with E-state index in [9.17, 15) is 22.8 Å². The molecule has 1 aliphatic rings. The first-order valence-electron chi connectivity index (χ1n) is 11.1. The number of amides is 2. The van der Waals surface area contributed by atoms with Gasteiger partial charge >= 0.3 is 6.18 Å². The number of hydrogen-bond donors (Lipinski definition) is 1. The second kappa shape index (κ2) is 9.67. The third kappa shape index (κ3) is 5.11. The molecule has 34 heavy (non-hydrogen) atoms. The zero-order valence-corrected chi connectivity index (χ0v) is 18.7. The number of nitrogens with zero attached hydrogens (tertiary/aromatic N) is 2. The maximum Gasteiger partial charge on any atom is 0.416 e. The maximum atomic E-state index is 13.4. The minimum atomic E-state index is -4.53. The molecule has 0 aliphatic carbocycles. The monoisotopic (exact) mass is 467 g/mol. The first-order chi connectivity index (χ1) is 16.3. The lowest BCUT2D eigenvalue weighted by Crippen LogP contribution is -2.35. The molecule has 8 heteroatoms. The van der Waals surface area contributed by atoms with E-state index >= 15 is 0 Å². The number of rotatable bonds is 5. The summed E-state index contributed by atoms with van der Waals surface area (Å²) in [5, 5.41) is 3.73. The van der Waals surface area contributed by atoms with Gasteiger partial charge in [0.1, 0.15) is 0 Å². The number of carbonyl (C=O) groups is 2. The van der Waals surface area contributed by atoms with E-state index in [-0.39, 0.29) is 24.6 Å². The van der Waals surface area contributed by atoms with Crippen LogP contribution in [0.25, 0.3) is 16.5 Å². The lowest BCUT2D eigenvalue weighted by Gasteiger charge is -2.32. The van der Waals surface area contributed by atoms with Crippen LogP contribution in [0.4, 0.5) is 24.5 Å². The second-order valence-corrected chi connectivity index (χ2v) is 8.20. The van der Waals surface area contributed by atoms with Crippen LogP contribution in [0.2, 0.25) is 0 Å². The first kappa shape index (κ1) is 23.5. The van der Waals surface area contributed by atoms with Crippen molar-refractivity contribution >= 4 is 39.7 Å². The van der Waals surface area contributed by atoms with Crippen molar-refractivity contribution in [1.82, 2.24) is 4.98 Å². The molecule has 2 amide bonds. The Morgan fingerprint density at radius 3 is 2.74 bits per heavy atom. The first-order valence-corrected chi connectivity index (χ1v) is 11.1. The minimum Gasteiger partial charge on any atom is -0.322 e. The van der Waals surface area contributed by atoms with Gasteiger partial charge in [0.05, 0.1) is 16.8 Å². The molecule has 2 heterocycles. The second-order valence-electron chi connectivity index (χ2n) is 8.20. The maximum absolute atomic E-state index is 13.4. The van der Waals surface area contributed by atoms with Gasteiger partial charge in [-0.3, -0.25) is 14.6 Å². The molecular formula is C26H24F3N3O2. The van der Waals surface area contributed by atoms with Gasteiger partial charge in [-0.1, -0.05) is 31.5 Å². The number of benzene rings is 2. The van der Waals surface area contributed by atoms with Crippen LogP contribution in [0.5, 0.6) is 0 Å². The molecule has 0 spiro atoms. The van der Waals surface area contributed by atoms with Gasteiger partial charge in [0.15, 0.2) is 0 Å². The summed E-state index contributed by atoms with van der Waals surface area (Å²) in [4.78, 5) is 31.1. The molecule has 5 nitrogen and oxygen atoms in total. The van der Waals surface area contributed by atoms with Crippen molar-refractivity contribution in [2.45, 2.75) is 38.8 Å². The number of hydrogen-bond acceptors (Lipinski definition) is 3. The molecule has 2 aromatic carbocycles. The summed E-state index contributed by atoms with van der Waals surface area (Å²) in [7, 11) is 0. The van der Waals surface area contributed by atoms with Gasteiger partial charge in [0.25, 0.3) is 0 Å². The molecule has 4 rings (SSSR count). The largest absolute Gasteiger partial charge is 0.416 e. The van der Waals surface area contributed by atoms with E-state index in [1.54, 1.807) is 18.3 Å². The molecule has 1 N–H and O–H groups in total. The number of carbonyl (C=O) groups excluding carboxylic acids is 2. The molecule has 0 bridgehead atoms. The van der Waals surface area contributed by atoms with Crippen molar-refractivity contribution in [2.75, 3.05) is 16.8 Å². The highest BCUT2D eigenvalue weighted by atomic mass is 19.4. The third-order valence-corrected chi connectivity index (χ3v) is 5.79. The molecule has 0 unspecified atom stereocenters. The van der Waals surface area contributed by atoms with Gasteiger partial charge in [0, 0.05) is 41.9 Å². The molecule has 0 fully saturated rings. The Morgan fingerprint density at radius 2 is 1.97 bits per heavy atom. The van der Waals surface area contributed by atoms with E-state index in [4.69, 9.17) is 0 Å². The molecule has 1 aliphatic heterocycles. The highest BCUT2D eigenvalue weighted by molar-refractivity contribution is 6.07. The Morgan fingerprint density at radius 1 is 1.15 bits per heavy atom. The fourth-order valence-electron chi connectivity index (χ4n) is 4.04. The summed E-state index contributed by atoms with van der Waals surface area (Å²) in [5.41, 5.74) is 1.70. The predicted molar refractivity (Wildman–Crippen MR) is 126 cm³/mol. The van der Waals surface area contributed by atoms with Gasteiger partial charge in [-0.2, -0.15) is 13.2 Å². The highest BCUT2D eigenvalue weighted by Crippen LogP contribution is 2.40. The Labute approximate surface area is 195 Å². The highest BCUT2D eigenvalue weighted by Gasteiger charge is 2.34. The molecule has 0 saturated carbocycles. The zero-order chi connectivity index (χ0) is 24.3. The number of alkyl halides is 3. The third-order valence-electron chi connectivity index (χ3n) is 5.79.